The van der Waals surface area contributed by atoms with Crippen molar-refractivity contribution in [2.75, 3.05) is 25.0 Å². The molecule has 1 aliphatic rings. The highest BCUT2D eigenvalue weighted by atomic mass is 32.1. The summed E-state index contributed by atoms with van der Waals surface area (Å²) in [5, 5.41) is 13.6. The van der Waals surface area contributed by atoms with Crippen LogP contribution in [0, 0.1) is 17.2 Å². The van der Waals surface area contributed by atoms with Gasteiger partial charge in [0.25, 0.3) is 5.91 Å². The number of nitrogens with one attached hydrogen (secondary N) is 1. The van der Waals surface area contributed by atoms with Crippen molar-refractivity contribution in [3.05, 3.63) is 17.0 Å². The fourth-order valence-corrected chi connectivity index (χ4v) is 3.29. The zero-order valence-corrected chi connectivity index (χ0v) is 16.4. The lowest BCUT2D eigenvalue weighted by atomic mass is 9.97. The highest BCUT2D eigenvalue weighted by Crippen LogP contribution is 2.23. The summed E-state index contributed by atoms with van der Waals surface area (Å²) in [5.74, 6) is -1.30. The quantitative estimate of drug-likeness (QED) is 0.788. The van der Waals surface area contributed by atoms with Gasteiger partial charge in [0.1, 0.15) is 16.7 Å². The van der Waals surface area contributed by atoms with E-state index in [1.807, 2.05) is 6.07 Å². The number of nitrogens with zero attached hydrogens (tertiary/aromatic N) is 2. The van der Waals surface area contributed by atoms with Crippen molar-refractivity contribution in [1.29, 1.82) is 5.26 Å². The first-order valence-corrected chi connectivity index (χ1v) is 9.49. The van der Waals surface area contributed by atoms with Crippen LogP contribution in [0.3, 0.4) is 0 Å². The Hall–Kier alpha value is -2.60. The first-order valence-electron chi connectivity index (χ1n) is 8.61. The molecule has 0 saturated carbocycles. The van der Waals surface area contributed by atoms with Crippen LogP contribution in [0.5, 0.6) is 0 Å². The van der Waals surface area contributed by atoms with Gasteiger partial charge in [-0.25, -0.2) is 4.79 Å². The Kier molecular flexibility index (Phi) is 6.80. The number of anilines is 1. The molecule has 2 rings (SSSR count). The first kappa shape index (κ1) is 20.7. The van der Waals surface area contributed by atoms with Gasteiger partial charge in [0.2, 0.25) is 0 Å². The fraction of sp³-hybridized carbons (Fsp3) is 0.556. The molecule has 9 heteroatoms. The van der Waals surface area contributed by atoms with Gasteiger partial charge in [0.05, 0.1) is 11.5 Å². The van der Waals surface area contributed by atoms with Gasteiger partial charge in [-0.15, -0.1) is 11.3 Å². The SMILES string of the molecule is CC(C)(C)OC(=O)N1CCC(C(=O)OCC(=O)Nc2sccc2C#N)CC1. The Balaban J connectivity index is 1.74. The molecule has 27 heavy (non-hydrogen) atoms. The number of rotatable bonds is 4. The molecule has 1 aliphatic heterocycles. The maximum Gasteiger partial charge on any atom is 0.410 e. The zero-order valence-electron chi connectivity index (χ0n) is 15.6. The lowest BCUT2D eigenvalue weighted by Crippen LogP contribution is -2.43. The third-order valence-electron chi connectivity index (χ3n) is 3.86. The van der Waals surface area contributed by atoms with Gasteiger partial charge < -0.3 is 19.7 Å². The molecule has 0 aromatic carbocycles. The highest BCUT2D eigenvalue weighted by Gasteiger charge is 2.31. The van der Waals surface area contributed by atoms with Crippen molar-refractivity contribution in [3.8, 4) is 6.07 Å². The van der Waals surface area contributed by atoms with E-state index in [9.17, 15) is 14.4 Å². The maximum atomic E-state index is 12.1. The molecule has 0 atom stereocenters. The molecule has 2 heterocycles. The van der Waals surface area contributed by atoms with Gasteiger partial charge in [0.15, 0.2) is 6.61 Å². The number of likely N-dealkylation sites (tertiary alicyclic amines) is 1. The van der Waals surface area contributed by atoms with E-state index in [0.29, 0.717) is 36.5 Å². The van der Waals surface area contributed by atoms with E-state index < -0.39 is 30.2 Å². The molecule has 1 fully saturated rings. The summed E-state index contributed by atoms with van der Waals surface area (Å²) >= 11 is 1.23. The van der Waals surface area contributed by atoms with Crippen LogP contribution < -0.4 is 5.32 Å². The van der Waals surface area contributed by atoms with E-state index in [1.54, 1.807) is 37.1 Å². The second kappa shape index (κ2) is 8.86. The number of piperidine rings is 1. The number of carbonyl (C=O) groups is 3. The van der Waals surface area contributed by atoms with E-state index in [0.717, 1.165) is 0 Å². The lowest BCUT2D eigenvalue weighted by molar-refractivity contribution is -0.153. The van der Waals surface area contributed by atoms with Gasteiger partial charge >= 0.3 is 12.1 Å². The number of hydrogen-bond acceptors (Lipinski definition) is 7. The molecule has 8 nitrogen and oxygen atoms in total. The molecule has 0 unspecified atom stereocenters. The Morgan fingerprint density at radius 3 is 2.59 bits per heavy atom. The molecule has 1 aromatic rings. The van der Waals surface area contributed by atoms with E-state index in [4.69, 9.17) is 14.7 Å². The Labute approximate surface area is 162 Å². The van der Waals surface area contributed by atoms with Crippen molar-refractivity contribution in [2.24, 2.45) is 5.92 Å². The third kappa shape index (κ3) is 6.25. The molecule has 0 radical (unpaired) electrons. The van der Waals surface area contributed by atoms with E-state index >= 15 is 0 Å². The minimum absolute atomic E-state index is 0.354. The number of esters is 1. The Bertz CT molecular complexity index is 739. The maximum absolute atomic E-state index is 12.1. The highest BCUT2D eigenvalue weighted by molar-refractivity contribution is 7.14. The standard InChI is InChI=1S/C18H23N3O5S/c1-18(2,3)26-17(24)21-7-4-12(5-8-21)16(23)25-11-14(22)20-15-13(10-19)6-9-27-15/h6,9,12H,4-5,7-8,11H2,1-3H3,(H,20,22). The van der Waals surface area contributed by atoms with Crippen molar-refractivity contribution in [3.63, 3.8) is 0 Å². The smallest absolute Gasteiger partial charge is 0.410 e. The molecule has 1 N–H and O–H groups in total. The molecule has 0 spiro atoms. The number of hydrogen-bond donors (Lipinski definition) is 1. The molecule has 146 valence electrons. The van der Waals surface area contributed by atoms with E-state index in [-0.39, 0.29) is 5.92 Å². The van der Waals surface area contributed by atoms with Crippen molar-refractivity contribution in [2.45, 2.75) is 39.2 Å². The number of thiophene rings is 1. The largest absolute Gasteiger partial charge is 0.455 e. The van der Waals surface area contributed by atoms with Crippen LogP contribution in [0.4, 0.5) is 9.80 Å². The lowest BCUT2D eigenvalue weighted by Gasteiger charge is -2.32. The molecule has 1 saturated heterocycles. The van der Waals surface area contributed by atoms with Crippen LogP contribution in [0.15, 0.2) is 11.4 Å². The summed E-state index contributed by atoms with van der Waals surface area (Å²) in [6, 6.07) is 3.57. The van der Waals surface area contributed by atoms with E-state index in [2.05, 4.69) is 5.32 Å². The average Bonchev–Trinajstić information content (AvgIpc) is 3.05. The number of carbonyl (C=O) groups excluding carboxylic acids is 3. The summed E-state index contributed by atoms with van der Waals surface area (Å²) in [7, 11) is 0. The monoisotopic (exact) mass is 393 g/mol. The van der Waals surface area contributed by atoms with Crippen LogP contribution in [-0.2, 0) is 19.1 Å². The Morgan fingerprint density at radius 2 is 2.00 bits per heavy atom. The van der Waals surface area contributed by atoms with Crippen LogP contribution in [0.25, 0.3) is 0 Å². The van der Waals surface area contributed by atoms with Crippen molar-refractivity contribution < 1.29 is 23.9 Å². The summed E-state index contributed by atoms with van der Waals surface area (Å²) in [4.78, 5) is 37.6. The summed E-state index contributed by atoms with van der Waals surface area (Å²) in [5.41, 5.74) is -0.192. The second-order valence-electron chi connectivity index (χ2n) is 7.17. The van der Waals surface area contributed by atoms with Crippen LogP contribution in [0.1, 0.15) is 39.2 Å². The topological polar surface area (TPSA) is 109 Å². The fourth-order valence-electron chi connectivity index (χ4n) is 2.54. The van der Waals surface area contributed by atoms with Crippen molar-refractivity contribution in [1.82, 2.24) is 4.90 Å². The molecule has 2 amide bonds. The average molecular weight is 393 g/mol. The van der Waals surface area contributed by atoms with Crippen LogP contribution in [0.2, 0.25) is 0 Å². The molecule has 1 aromatic heterocycles. The molecular weight excluding hydrogens is 370 g/mol. The number of amides is 2. The van der Waals surface area contributed by atoms with Crippen LogP contribution >= 0.6 is 11.3 Å². The van der Waals surface area contributed by atoms with Gasteiger partial charge in [-0.1, -0.05) is 0 Å². The summed E-state index contributed by atoms with van der Waals surface area (Å²) in [6.07, 6.45) is 0.532. The second-order valence-corrected chi connectivity index (χ2v) is 8.09. The minimum atomic E-state index is -0.561. The van der Waals surface area contributed by atoms with Gasteiger partial charge in [0, 0.05) is 13.1 Å². The predicted octanol–water partition coefficient (Wildman–Crippen LogP) is 2.75. The molecule has 0 aliphatic carbocycles. The molecule has 0 bridgehead atoms. The third-order valence-corrected chi connectivity index (χ3v) is 4.69. The molecular formula is C18H23N3O5S. The number of ether oxygens (including phenoxy) is 2. The summed E-state index contributed by atoms with van der Waals surface area (Å²) < 4.78 is 10.4. The minimum Gasteiger partial charge on any atom is -0.455 e. The van der Waals surface area contributed by atoms with Crippen molar-refractivity contribution >= 4 is 34.3 Å². The van der Waals surface area contributed by atoms with E-state index in [1.165, 1.54) is 11.3 Å². The van der Waals surface area contributed by atoms with Gasteiger partial charge in [-0.05, 0) is 45.1 Å². The van der Waals surface area contributed by atoms with Gasteiger partial charge in [-0.2, -0.15) is 5.26 Å². The van der Waals surface area contributed by atoms with Crippen LogP contribution in [-0.4, -0.2) is 48.2 Å². The normalized spacial score (nSPS) is 15.0. The summed E-state index contributed by atoms with van der Waals surface area (Å²) in [6.45, 7) is 5.80. The predicted molar refractivity (Wildman–Crippen MR) is 99.2 cm³/mol. The van der Waals surface area contributed by atoms with Gasteiger partial charge in [-0.3, -0.25) is 9.59 Å². The zero-order chi connectivity index (χ0) is 20.0. The number of nitriles is 1. The Morgan fingerprint density at radius 1 is 1.33 bits per heavy atom. The first-order chi connectivity index (χ1) is 12.7.